The highest BCUT2D eigenvalue weighted by Gasteiger charge is 2.14. The van der Waals surface area contributed by atoms with E-state index in [1.807, 2.05) is 0 Å². The molecule has 0 aromatic heterocycles. The number of aliphatic hydroxyl groups excluding tert-OH is 1. The molecule has 0 aromatic carbocycles. The van der Waals surface area contributed by atoms with Gasteiger partial charge in [0.2, 0.25) is 0 Å². The summed E-state index contributed by atoms with van der Waals surface area (Å²) in [4.78, 5) is 0. The van der Waals surface area contributed by atoms with Gasteiger partial charge in [0.15, 0.2) is 0 Å². The van der Waals surface area contributed by atoms with Crippen LogP contribution in [0.4, 0.5) is 0 Å². The summed E-state index contributed by atoms with van der Waals surface area (Å²) in [5.74, 6) is 0.187. The van der Waals surface area contributed by atoms with Crippen molar-refractivity contribution in [1.29, 1.82) is 0 Å². The lowest BCUT2D eigenvalue weighted by atomic mass is 10.1. The number of rotatable bonds is 0. The Hall–Kier alpha value is -0.140. The van der Waals surface area contributed by atoms with Crippen LogP contribution in [-0.2, 0) is 0 Å². The van der Waals surface area contributed by atoms with E-state index in [9.17, 15) is 0 Å². The molecule has 1 nitrogen and oxygen atoms in total. The fourth-order valence-electron chi connectivity index (χ4n) is 0.607. The lowest BCUT2D eigenvalue weighted by Gasteiger charge is -2.11. The minimum atomic E-state index is -0.281. The van der Waals surface area contributed by atoms with Gasteiger partial charge in [0.25, 0.3) is 0 Å². The molecular formula is C6H6Cl2O. The van der Waals surface area contributed by atoms with E-state index in [4.69, 9.17) is 28.3 Å². The second kappa shape index (κ2) is 2.63. The molecule has 0 saturated carbocycles. The van der Waals surface area contributed by atoms with Crippen molar-refractivity contribution in [2.75, 3.05) is 0 Å². The Morgan fingerprint density at radius 3 is 2.44 bits per heavy atom. The van der Waals surface area contributed by atoms with Gasteiger partial charge in [-0.3, -0.25) is 0 Å². The Labute approximate surface area is 63.6 Å². The quantitative estimate of drug-likeness (QED) is 0.545. The molecule has 0 saturated heterocycles. The van der Waals surface area contributed by atoms with Crippen molar-refractivity contribution in [3.63, 3.8) is 0 Å². The normalized spacial score (nSPS) is 34.2. The summed E-state index contributed by atoms with van der Waals surface area (Å²) in [5.41, 5.74) is 0. The van der Waals surface area contributed by atoms with Crippen molar-refractivity contribution in [3.8, 4) is 0 Å². The highest BCUT2D eigenvalue weighted by molar-refractivity contribution is 6.31. The lowest BCUT2D eigenvalue weighted by molar-refractivity contribution is 0.427. The van der Waals surface area contributed by atoms with Crippen LogP contribution in [0.3, 0.4) is 0 Å². The molecule has 2 unspecified atom stereocenters. The van der Waals surface area contributed by atoms with Crippen LogP contribution < -0.4 is 0 Å². The minimum absolute atomic E-state index is 0.187. The van der Waals surface area contributed by atoms with Gasteiger partial charge in [0.1, 0.15) is 5.76 Å². The van der Waals surface area contributed by atoms with E-state index in [0.717, 1.165) is 0 Å². The van der Waals surface area contributed by atoms with Crippen LogP contribution in [0.2, 0.25) is 0 Å². The van der Waals surface area contributed by atoms with E-state index in [0.29, 0.717) is 0 Å². The molecule has 0 fully saturated rings. The van der Waals surface area contributed by atoms with Gasteiger partial charge in [0, 0.05) is 0 Å². The SMILES string of the molecule is OC1=CC(Cl)C(Cl)C=C1. The maximum Gasteiger partial charge on any atom is 0.112 e. The Kier molecular flexibility index (Phi) is 2.04. The Bertz CT molecular complexity index is 162. The fraction of sp³-hybridized carbons (Fsp3) is 0.333. The van der Waals surface area contributed by atoms with Crippen LogP contribution in [0, 0.1) is 0 Å². The Morgan fingerprint density at radius 1 is 1.33 bits per heavy atom. The number of halogens is 2. The van der Waals surface area contributed by atoms with E-state index in [1.54, 1.807) is 6.08 Å². The zero-order valence-electron chi connectivity index (χ0n) is 4.59. The first kappa shape index (κ1) is 6.97. The van der Waals surface area contributed by atoms with Crippen molar-refractivity contribution < 1.29 is 5.11 Å². The number of aliphatic hydroxyl groups is 1. The lowest BCUT2D eigenvalue weighted by Crippen LogP contribution is -2.12. The minimum Gasteiger partial charge on any atom is -0.508 e. The molecule has 0 aliphatic heterocycles. The van der Waals surface area contributed by atoms with Gasteiger partial charge in [0.05, 0.1) is 10.8 Å². The maximum absolute atomic E-state index is 8.83. The second-order valence-electron chi connectivity index (χ2n) is 1.84. The van der Waals surface area contributed by atoms with Gasteiger partial charge in [-0.2, -0.15) is 0 Å². The third-order valence-corrected chi connectivity index (χ3v) is 2.03. The highest BCUT2D eigenvalue weighted by Crippen LogP contribution is 2.18. The van der Waals surface area contributed by atoms with Crippen LogP contribution in [0.1, 0.15) is 0 Å². The zero-order valence-corrected chi connectivity index (χ0v) is 6.10. The van der Waals surface area contributed by atoms with E-state index in [2.05, 4.69) is 0 Å². The Balaban J connectivity index is 2.70. The van der Waals surface area contributed by atoms with Crippen LogP contribution in [0.15, 0.2) is 24.0 Å². The molecule has 0 spiro atoms. The fourth-order valence-corrected chi connectivity index (χ4v) is 0.966. The van der Waals surface area contributed by atoms with Crippen molar-refractivity contribution in [3.05, 3.63) is 24.0 Å². The molecule has 9 heavy (non-hydrogen) atoms. The first-order valence-electron chi connectivity index (χ1n) is 2.57. The predicted octanol–water partition coefficient (Wildman–Crippen LogP) is 2.21. The molecule has 1 rings (SSSR count). The average Bonchev–Trinajstić information content (AvgIpc) is 1.80. The summed E-state index contributed by atoms with van der Waals surface area (Å²) in [6.07, 6.45) is 4.71. The summed E-state index contributed by atoms with van der Waals surface area (Å²) in [7, 11) is 0. The summed E-state index contributed by atoms with van der Waals surface area (Å²) in [6.45, 7) is 0. The van der Waals surface area contributed by atoms with E-state index < -0.39 is 0 Å². The van der Waals surface area contributed by atoms with Crippen molar-refractivity contribution in [2.45, 2.75) is 10.8 Å². The predicted molar refractivity (Wildman–Crippen MR) is 39.1 cm³/mol. The van der Waals surface area contributed by atoms with Crippen molar-refractivity contribution >= 4 is 23.2 Å². The molecule has 0 heterocycles. The van der Waals surface area contributed by atoms with E-state index >= 15 is 0 Å². The standard InChI is InChI=1S/C6H6Cl2O/c7-5-2-1-4(9)3-6(5)8/h1-3,5-6,9H. The monoisotopic (exact) mass is 164 g/mol. The van der Waals surface area contributed by atoms with Crippen molar-refractivity contribution in [1.82, 2.24) is 0 Å². The average molecular weight is 165 g/mol. The number of allylic oxidation sites excluding steroid dienone is 3. The van der Waals surface area contributed by atoms with Gasteiger partial charge in [-0.25, -0.2) is 0 Å². The third-order valence-electron chi connectivity index (χ3n) is 1.09. The molecule has 0 bridgehead atoms. The third kappa shape index (κ3) is 1.63. The van der Waals surface area contributed by atoms with Gasteiger partial charge in [-0.05, 0) is 12.2 Å². The number of hydrogen-bond acceptors (Lipinski definition) is 1. The van der Waals surface area contributed by atoms with E-state index in [1.165, 1.54) is 12.2 Å². The summed E-state index contributed by atoms with van der Waals surface area (Å²) in [5, 5.41) is 8.36. The largest absolute Gasteiger partial charge is 0.508 e. The van der Waals surface area contributed by atoms with Crippen LogP contribution in [0.5, 0.6) is 0 Å². The summed E-state index contributed by atoms with van der Waals surface area (Å²) >= 11 is 11.3. The molecule has 2 atom stereocenters. The van der Waals surface area contributed by atoms with Crippen LogP contribution in [-0.4, -0.2) is 15.9 Å². The molecule has 0 radical (unpaired) electrons. The topological polar surface area (TPSA) is 20.2 Å². The molecule has 50 valence electrons. The van der Waals surface area contributed by atoms with Gasteiger partial charge < -0.3 is 5.11 Å². The van der Waals surface area contributed by atoms with Crippen LogP contribution >= 0.6 is 23.2 Å². The van der Waals surface area contributed by atoms with Gasteiger partial charge in [-0.15, -0.1) is 23.2 Å². The van der Waals surface area contributed by atoms with E-state index in [-0.39, 0.29) is 16.5 Å². The Morgan fingerprint density at radius 2 is 2.00 bits per heavy atom. The smallest absolute Gasteiger partial charge is 0.112 e. The molecule has 1 N–H and O–H groups in total. The molecule has 0 aromatic rings. The molecule has 1 aliphatic rings. The maximum atomic E-state index is 8.83. The number of hydrogen-bond donors (Lipinski definition) is 1. The van der Waals surface area contributed by atoms with Crippen molar-refractivity contribution in [2.24, 2.45) is 0 Å². The highest BCUT2D eigenvalue weighted by atomic mass is 35.5. The summed E-state index contributed by atoms with van der Waals surface area (Å²) < 4.78 is 0. The molecule has 0 amide bonds. The molecule has 1 aliphatic carbocycles. The first-order chi connectivity index (χ1) is 4.20. The first-order valence-corrected chi connectivity index (χ1v) is 3.44. The summed E-state index contributed by atoms with van der Waals surface area (Å²) in [6, 6.07) is 0. The second-order valence-corrected chi connectivity index (χ2v) is 2.85. The zero-order chi connectivity index (χ0) is 6.85. The van der Waals surface area contributed by atoms with Gasteiger partial charge in [-0.1, -0.05) is 6.08 Å². The van der Waals surface area contributed by atoms with Crippen LogP contribution in [0.25, 0.3) is 0 Å². The molecular weight excluding hydrogens is 159 g/mol. The molecule has 3 heteroatoms. The number of alkyl halides is 2. The van der Waals surface area contributed by atoms with Gasteiger partial charge >= 0.3 is 0 Å².